The first-order valence-electron chi connectivity index (χ1n) is 13.8. The highest BCUT2D eigenvalue weighted by atomic mass is 19.1. The summed E-state index contributed by atoms with van der Waals surface area (Å²) in [7, 11) is 0. The molecule has 0 spiro atoms. The number of hydrogen-bond donors (Lipinski definition) is 2. The zero-order chi connectivity index (χ0) is 28.6. The lowest BCUT2D eigenvalue weighted by Crippen LogP contribution is -2.54. The first-order chi connectivity index (χ1) is 19.8. The molecule has 9 nitrogen and oxygen atoms in total. The van der Waals surface area contributed by atoms with Crippen molar-refractivity contribution >= 4 is 29.3 Å². The number of nitrogens with zero attached hydrogens (tertiary/aromatic N) is 3. The highest BCUT2D eigenvalue weighted by Gasteiger charge is 2.45. The minimum Gasteiger partial charge on any atom is -0.380 e. The molecule has 1 aromatic heterocycles. The van der Waals surface area contributed by atoms with Crippen molar-refractivity contribution in [1.82, 2.24) is 20.1 Å². The van der Waals surface area contributed by atoms with Crippen LogP contribution in [0.3, 0.4) is 0 Å². The Morgan fingerprint density at radius 3 is 2.39 bits per heavy atom. The van der Waals surface area contributed by atoms with Gasteiger partial charge in [0.05, 0.1) is 16.8 Å². The fraction of sp³-hybridized carbons (Fsp3) is 0.323. The van der Waals surface area contributed by atoms with Gasteiger partial charge in [0.15, 0.2) is 5.67 Å². The van der Waals surface area contributed by atoms with Gasteiger partial charge < -0.3 is 5.32 Å². The predicted molar refractivity (Wildman–Crippen MR) is 148 cm³/mol. The van der Waals surface area contributed by atoms with Gasteiger partial charge in [-0.05, 0) is 54.7 Å². The van der Waals surface area contributed by atoms with E-state index in [0.29, 0.717) is 43.9 Å². The molecule has 3 aromatic rings. The van der Waals surface area contributed by atoms with Gasteiger partial charge in [-0.3, -0.25) is 39.3 Å². The number of nitrogens with one attached hydrogen (secondary N) is 2. The van der Waals surface area contributed by atoms with Crippen molar-refractivity contribution in [2.45, 2.75) is 50.5 Å². The van der Waals surface area contributed by atoms with Crippen LogP contribution in [0, 0.1) is 0 Å². The molecule has 3 aliphatic rings. The van der Waals surface area contributed by atoms with Gasteiger partial charge in [0.1, 0.15) is 6.04 Å². The predicted octanol–water partition coefficient (Wildman–Crippen LogP) is 3.56. The van der Waals surface area contributed by atoms with E-state index in [1.54, 1.807) is 36.5 Å². The number of aromatic nitrogens is 1. The molecule has 4 heterocycles. The molecule has 0 saturated carbocycles. The quantitative estimate of drug-likeness (QED) is 0.429. The number of likely N-dealkylation sites (tertiary alicyclic amines) is 1. The second kappa shape index (κ2) is 10.9. The third-order valence-electron chi connectivity index (χ3n) is 8.15. The lowest BCUT2D eigenvalue weighted by Gasteiger charge is -2.36. The van der Waals surface area contributed by atoms with Crippen LogP contribution < -0.4 is 10.6 Å². The van der Waals surface area contributed by atoms with Crippen molar-refractivity contribution in [3.8, 4) is 0 Å². The summed E-state index contributed by atoms with van der Waals surface area (Å²) in [6.07, 6.45) is 2.65. The standard InChI is InChI=1S/C31H30FN5O4/c32-31(25-6-1-2-15-33-25)13-16-36(17-14-31)19-21-9-7-20(8-10-21)18-34-23-5-3-4-22-27(23)30(41)37(29(22)40)24-11-12-26(38)35-28(24)39/h1-10,15,24,34H,11-14,16-19H2,(H,35,38,39). The highest BCUT2D eigenvalue weighted by molar-refractivity contribution is 6.25. The Balaban J connectivity index is 1.07. The van der Waals surface area contributed by atoms with Crippen molar-refractivity contribution in [3.63, 3.8) is 0 Å². The number of pyridine rings is 1. The summed E-state index contributed by atoms with van der Waals surface area (Å²) in [5, 5.41) is 5.48. The van der Waals surface area contributed by atoms with E-state index in [9.17, 15) is 19.2 Å². The molecule has 1 unspecified atom stereocenters. The topological polar surface area (TPSA) is 112 Å². The van der Waals surface area contributed by atoms with E-state index in [4.69, 9.17) is 0 Å². The lowest BCUT2D eigenvalue weighted by molar-refractivity contribution is -0.136. The molecule has 10 heteroatoms. The second-order valence-electron chi connectivity index (χ2n) is 10.8. The second-order valence-corrected chi connectivity index (χ2v) is 10.8. The van der Waals surface area contributed by atoms with E-state index in [0.717, 1.165) is 22.6 Å². The van der Waals surface area contributed by atoms with Crippen LogP contribution in [0.25, 0.3) is 0 Å². The van der Waals surface area contributed by atoms with E-state index < -0.39 is 35.3 Å². The summed E-state index contributed by atoms with van der Waals surface area (Å²) < 4.78 is 15.4. The molecule has 0 bridgehead atoms. The molecule has 2 aromatic carbocycles. The summed E-state index contributed by atoms with van der Waals surface area (Å²) in [5.74, 6) is -2.11. The number of amides is 4. The maximum absolute atomic E-state index is 15.4. The number of carbonyl (C=O) groups excluding carboxylic acids is 4. The Labute approximate surface area is 236 Å². The van der Waals surface area contributed by atoms with Gasteiger partial charge in [0, 0.05) is 44.5 Å². The summed E-state index contributed by atoms with van der Waals surface area (Å²) >= 11 is 0. The summed E-state index contributed by atoms with van der Waals surface area (Å²) in [4.78, 5) is 57.7. The van der Waals surface area contributed by atoms with Crippen molar-refractivity contribution < 1.29 is 23.6 Å². The average Bonchev–Trinajstić information content (AvgIpc) is 3.24. The van der Waals surface area contributed by atoms with Crippen LogP contribution in [-0.2, 0) is 28.3 Å². The minimum absolute atomic E-state index is 0.0739. The number of carbonyl (C=O) groups is 4. The van der Waals surface area contributed by atoms with Crippen molar-refractivity contribution in [2.24, 2.45) is 0 Å². The van der Waals surface area contributed by atoms with Gasteiger partial charge in [0.2, 0.25) is 11.8 Å². The number of hydrogen-bond acceptors (Lipinski definition) is 7. The molecule has 2 saturated heterocycles. The van der Waals surface area contributed by atoms with Crippen LogP contribution in [0.15, 0.2) is 66.9 Å². The Hall–Kier alpha value is -4.44. The Kier molecular flexibility index (Phi) is 7.08. The molecule has 0 radical (unpaired) electrons. The minimum atomic E-state index is -1.38. The fourth-order valence-corrected chi connectivity index (χ4v) is 5.83. The summed E-state index contributed by atoms with van der Waals surface area (Å²) in [5.41, 5.74) is 2.22. The van der Waals surface area contributed by atoms with E-state index in [1.807, 2.05) is 30.3 Å². The number of benzene rings is 2. The number of alkyl halides is 1. The Bertz CT molecular complexity index is 1500. The summed E-state index contributed by atoms with van der Waals surface area (Å²) in [6, 6.07) is 17.5. The monoisotopic (exact) mass is 555 g/mol. The molecule has 1 atom stereocenters. The van der Waals surface area contributed by atoms with Crippen molar-refractivity contribution in [2.75, 3.05) is 18.4 Å². The molecule has 4 amide bonds. The van der Waals surface area contributed by atoms with Gasteiger partial charge in [-0.25, -0.2) is 4.39 Å². The third kappa shape index (κ3) is 5.22. The first kappa shape index (κ1) is 26.8. The van der Waals surface area contributed by atoms with Gasteiger partial charge in [0.25, 0.3) is 11.8 Å². The van der Waals surface area contributed by atoms with E-state index in [1.165, 1.54) is 0 Å². The number of halogens is 1. The molecule has 41 heavy (non-hydrogen) atoms. The van der Waals surface area contributed by atoms with Crippen LogP contribution in [0.2, 0.25) is 0 Å². The largest absolute Gasteiger partial charge is 0.380 e. The molecule has 0 aliphatic carbocycles. The number of imide groups is 2. The van der Waals surface area contributed by atoms with E-state index >= 15 is 4.39 Å². The molecule has 2 fully saturated rings. The Morgan fingerprint density at radius 2 is 1.68 bits per heavy atom. The molecule has 210 valence electrons. The number of anilines is 1. The van der Waals surface area contributed by atoms with Gasteiger partial charge in [-0.2, -0.15) is 0 Å². The first-order valence-corrected chi connectivity index (χ1v) is 13.8. The van der Waals surface area contributed by atoms with Crippen LogP contribution >= 0.6 is 0 Å². The van der Waals surface area contributed by atoms with Gasteiger partial charge >= 0.3 is 0 Å². The fourth-order valence-electron chi connectivity index (χ4n) is 5.83. The van der Waals surface area contributed by atoms with Crippen LogP contribution in [0.5, 0.6) is 0 Å². The zero-order valence-corrected chi connectivity index (χ0v) is 22.4. The van der Waals surface area contributed by atoms with Crippen LogP contribution in [-0.4, -0.2) is 57.5 Å². The van der Waals surface area contributed by atoms with Crippen molar-refractivity contribution in [3.05, 3.63) is 94.8 Å². The number of rotatable bonds is 7. The number of piperidine rings is 2. The number of fused-ring (bicyclic) bond motifs is 1. The summed E-state index contributed by atoms with van der Waals surface area (Å²) in [6.45, 7) is 2.45. The molecule has 6 rings (SSSR count). The Morgan fingerprint density at radius 1 is 0.927 bits per heavy atom. The van der Waals surface area contributed by atoms with Gasteiger partial charge in [-0.15, -0.1) is 0 Å². The van der Waals surface area contributed by atoms with Crippen LogP contribution in [0.4, 0.5) is 10.1 Å². The van der Waals surface area contributed by atoms with Crippen molar-refractivity contribution in [1.29, 1.82) is 0 Å². The van der Waals surface area contributed by atoms with Gasteiger partial charge in [-0.1, -0.05) is 36.4 Å². The molecule has 2 N–H and O–H groups in total. The molecular weight excluding hydrogens is 525 g/mol. The SMILES string of the molecule is O=C1CCC(N2C(=O)c3cccc(NCc4ccc(CN5CCC(F)(c6ccccn6)CC5)cc4)c3C2=O)C(=O)N1. The highest BCUT2D eigenvalue weighted by Crippen LogP contribution is 2.36. The maximum atomic E-state index is 15.4. The maximum Gasteiger partial charge on any atom is 0.264 e. The average molecular weight is 556 g/mol. The lowest BCUT2D eigenvalue weighted by atomic mass is 9.89. The third-order valence-corrected chi connectivity index (χ3v) is 8.15. The van der Waals surface area contributed by atoms with E-state index in [2.05, 4.69) is 20.5 Å². The molecular formula is C31H30FN5O4. The normalized spacial score (nSPS) is 20.6. The molecule has 3 aliphatic heterocycles. The van der Waals surface area contributed by atoms with Crippen LogP contribution in [0.1, 0.15) is 63.2 Å². The van der Waals surface area contributed by atoms with E-state index in [-0.39, 0.29) is 24.0 Å². The zero-order valence-electron chi connectivity index (χ0n) is 22.4. The smallest absolute Gasteiger partial charge is 0.264 e.